The Balaban J connectivity index is 3.06. The van der Waals surface area contributed by atoms with Crippen molar-refractivity contribution in [3.63, 3.8) is 0 Å². The van der Waals surface area contributed by atoms with Gasteiger partial charge in [-0.25, -0.2) is 4.68 Å². The fourth-order valence-corrected chi connectivity index (χ4v) is 1.83. The molecule has 1 N–H and O–H groups in total. The summed E-state index contributed by atoms with van der Waals surface area (Å²) >= 11 is 0. The zero-order valence-electron chi connectivity index (χ0n) is 9.44. The van der Waals surface area contributed by atoms with Gasteiger partial charge < -0.3 is 9.84 Å². The summed E-state index contributed by atoms with van der Waals surface area (Å²) in [6, 6.07) is 0. The number of aromatic nitrogens is 2. The summed E-state index contributed by atoms with van der Waals surface area (Å²) in [7, 11) is 3.34. The third kappa shape index (κ3) is 2.29. The number of rotatable bonds is 4. The molecule has 0 aromatic carbocycles. The van der Waals surface area contributed by atoms with E-state index in [1.54, 1.807) is 18.8 Å². The number of hydrogen-bond donors (Lipinski definition) is 1. The van der Waals surface area contributed by atoms with Crippen molar-refractivity contribution in [3.8, 4) is 5.88 Å². The van der Waals surface area contributed by atoms with Crippen molar-refractivity contribution in [2.75, 3.05) is 7.11 Å². The minimum Gasteiger partial charge on any atom is -0.481 e. The van der Waals surface area contributed by atoms with Gasteiger partial charge in [0.2, 0.25) is 5.88 Å². The minimum absolute atomic E-state index is 0.0862. The van der Waals surface area contributed by atoms with E-state index in [-0.39, 0.29) is 12.3 Å². The second-order valence-corrected chi connectivity index (χ2v) is 3.63. The van der Waals surface area contributed by atoms with Gasteiger partial charge in [-0.15, -0.1) is 0 Å². The average molecular weight is 212 g/mol. The van der Waals surface area contributed by atoms with E-state index in [1.165, 1.54) is 0 Å². The number of ether oxygens (including phenoxy) is 1. The normalized spacial score (nSPS) is 12.5. The maximum atomic E-state index is 10.6. The van der Waals surface area contributed by atoms with E-state index in [0.29, 0.717) is 5.88 Å². The Morgan fingerprint density at radius 1 is 1.67 bits per heavy atom. The van der Waals surface area contributed by atoms with Gasteiger partial charge in [0.25, 0.3) is 0 Å². The zero-order chi connectivity index (χ0) is 11.6. The fourth-order valence-electron chi connectivity index (χ4n) is 1.83. The van der Waals surface area contributed by atoms with Crippen LogP contribution in [-0.4, -0.2) is 28.0 Å². The van der Waals surface area contributed by atoms with E-state index in [0.717, 1.165) is 11.3 Å². The van der Waals surface area contributed by atoms with E-state index in [1.807, 2.05) is 13.8 Å². The Bertz CT molecular complexity index is 371. The first-order valence-corrected chi connectivity index (χ1v) is 4.76. The molecule has 0 aliphatic carbocycles. The molecule has 0 aliphatic rings. The standard InChI is InChI=1S/C10H16N2O3/c1-6(5-8(13)14)9-7(2)11-12(3)10(9)15-4/h6H,5H2,1-4H3,(H,13,14). The summed E-state index contributed by atoms with van der Waals surface area (Å²) < 4.78 is 6.84. The van der Waals surface area contributed by atoms with Crippen molar-refractivity contribution in [1.29, 1.82) is 0 Å². The van der Waals surface area contributed by atoms with Crippen LogP contribution in [0.15, 0.2) is 0 Å². The molecular formula is C10H16N2O3. The first-order valence-electron chi connectivity index (χ1n) is 4.76. The predicted molar refractivity (Wildman–Crippen MR) is 55.2 cm³/mol. The Hall–Kier alpha value is -1.52. The molecule has 1 unspecified atom stereocenters. The lowest BCUT2D eigenvalue weighted by Crippen LogP contribution is -2.05. The Kier molecular flexibility index (Phi) is 3.34. The molecule has 15 heavy (non-hydrogen) atoms. The van der Waals surface area contributed by atoms with Crippen LogP contribution in [0.3, 0.4) is 0 Å². The first kappa shape index (κ1) is 11.6. The lowest BCUT2D eigenvalue weighted by atomic mass is 9.98. The minimum atomic E-state index is -0.812. The maximum absolute atomic E-state index is 10.6. The molecule has 1 aromatic rings. The highest BCUT2D eigenvalue weighted by Crippen LogP contribution is 2.30. The largest absolute Gasteiger partial charge is 0.481 e. The highest BCUT2D eigenvalue weighted by molar-refractivity contribution is 5.68. The highest BCUT2D eigenvalue weighted by Gasteiger charge is 2.21. The smallest absolute Gasteiger partial charge is 0.303 e. The van der Waals surface area contributed by atoms with Gasteiger partial charge in [-0.3, -0.25) is 4.79 Å². The second-order valence-electron chi connectivity index (χ2n) is 3.63. The summed E-state index contributed by atoms with van der Waals surface area (Å²) in [6.07, 6.45) is 0.0862. The molecule has 1 rings (SSSR count). The van der Waals surface area contributed by atoms with Crippen LogP contribution < -0.4 is 4.74 Å². The van der Waals surface area contributed by atoms with Crippen LogP contribution in [0.5, 0.6) is 5.88 Å². The molecule has 5 heteroatoms. The number of nitrogens with zero attached hydrogens (tertiary/aromatic N) is 2. The molecule has 0 fully saturated rings. The highest BCUT2D eigenvalue weighted by atomic mass is 16.5. The summed E-state index contributed by atoms with van der Waals surface area (Å²) in [5, 5.41) is 12.9. The second kappa shape index (κ2) is 4.33. The molecule has 1 atom stereocenters. The van der Waals surface area contributed by atoms with Crippen LogP contribution in [0.1, 0.15) is 30.5 Å². The predicted octanol–water partition coefficient (Wildman–Crippen LogP) is 1.32. The first-order chi connectivity index (χ1) is 6.97. The van der Waals surface area contributed by atoms with Crippen molar-refractivity contribution in [2.45, 2.75) is 26.2 Å². The Morgan fingerprint density at radius 3 is 2.73 bits per heavy atom. The maximum Gasteiger partial charge on any atom is 0.303 e. The topological polar surface area (TPSA) is 64.3 Å². The van der Waals surface area contributed by atoms with Crippen molar-refractivity contribution in [1.82, 2.24) is 9.78 Å². The summed E-state index contributed by atoms with van der Waals surface area (Å²) in [5.74, 6) is -0.264. The van der Waals surface area contributed by atoms with Crippen molar-refractivity contribution in [3.05, 3.63) is 11.3 Å². The molecule has 0 radical (unpaired) electrons. The molecule has 0 spiro atoms. The molecule has 1 heterocycles. The van der Waals surface area contributed by atoms with E-state index in [9.17, 15) is 4.79 Å². The molecule has 0 amide bonds. The monoisotopic (exact) mass is 212 g/mol. The fraction of sp³-hybridized carbons (Fsp3) is 0.600. The Morgan fingerprint density at radius 2 is 2.27 bits per heavy atom. The van der Waals surface area contributed by atoms with Crippen molar-refractivity contribution < 1.29 is 14.6 Å². The molecule has 84 valence electrons. The van der Waals surface area contributed by atoms with Crippen LogP contribution in [0, 0.1) is 6.92 Å². The van der Waals surface area contributed by atoms with E-state index in [4.69, 9.17) is 9.84 Å². The van der Waals surface area contributed by atoms with Crippen LogP contribution in [0.4, 0.5) is 0 Å². The SMILES string of the molecule is COc1c(C(C)CC(=O)O)c(C)nn1C. The lowest BCUT2D eigenvalue weighted by molar-refractivity contribution is -0.137. The molecule has 1 aromatic heterocycles. The number of carbonyl (C=O) groups is 1. The van der Waals surface area contributed by atoms with Crippen LogP contribution in [0.2, 0.25) is 0 Å². The molecular weight excluding hydrogens is 196 g/mol. The summed E-state index contributed by atoms with van der Waals surface area (Å²) in [5.41, 5.74) is 1.70. The number of carboxylic acids is 1. The molecule has 0 saturated heterocycles. The van der Waals surface area contributed by atoms with Gasteiger partial charge >= 0.3 is 5.97 Å². The van der Waals surface area contributed by atoms with Crippen molar-refractivity contribution in [2.24, 2.45) is 7.05 Å². The van der Waals surface area contributed by atoms with Gasteiger partial charge in [0.05, 0.1) is 19.2 Å². The van der Waals surface area contributed by atoms with E-state index >= 15 is 0 Å². The summed E-state index contributed by atoms with van der Waals surface area (Å²) in [4.78, 5) is 10.6. The van der Waals surface area contributed by atoms with Gasteiger partial charge in [-0.2, -0.15) is 5.10 Å². The molecule has 5 nitrogen and oxygen atoms in total. The third-order valence-electron chi connectivity index (χ3n) is 2.38. The summed E-state index contributed by atoms with van der Waals surface area (Å²) in [6.45, 7) is 3.72. The Labute approximate surface area is 88.7 Å². The number of methoxy groups -OCH3 is 1. The van der Waals surface area contributed by atoms with Crippen LogP contribution in [0.25, 0.3) is 0 Å². The van der Waals surface area contributed by atoms with Crippen LogP contribution in [-0.2, 0) is 11.8 Å². The third-order valence-corrected chi connectivity index (χ3v) is 2.38. The van der Waals surface area contributed by atoms with Gasteiger partial charge in [-0.05, 0) is 12.8 Å². The number of aliphatic carboxylic acids is 1. The molecule has 0 aliphatic heterocycles. The average Bonchev–Trinajstić information content (AvgIpc) is 2.38. The van der Waals surface area contributed by atoms with Crippen LogP contribution >= 0.6 is 0 Å². The molecule has 0 saturated carbocycles. The van der Waals surface area contributed by atoms with Crippen molar-refractivity contribution >= 4 is 5.97 Å². The van der Waals surface area contributed by atoms with Gasteiger partial charge in [-0.1, -0.05) is 6.92 Å². The van der Waals surface area contributed by atoms with E-state index < -0.39 is 5.97 Å². The van der Waals surface area contributed by atoms with E-state index in [2.05, 4.69) is 5.10 Å². The molecule has 0 bridgehead atoms. The zero-order valence-corrected chi connectivity index (χ0v) is 9.44. The number of aryl methyl sites for hydroxylation is 2. The number of hydrogen-bond acceptors (Lipinski definition) is 3. The lowest BCUT2D eigenvalue weighted by Gasteiger charge is -2.10. The quantitative estimate of drug-likeness (QED) is 0.817. The van der Waals surface area contributed by atoms with Gasteiger partial charge in [0.1, 0.15) is 0 Å². The van der Waals surface area contributed by atoms with Gasteiger partial charge in [0.15, 0.2) is 0 Å². The number of carboxylic acid groups (broad SMARTS) is 1. The van der Waals surface area contributed by atoms with Gasteiger partial charge in [0, 0.05) is 12.6 Å².